The summed E-state index contributed by atoms with van der Waals surface area (Å²) in [6.45, 7) is 1.31. The fraction of sp³-hybridized carbons (Fsp3) is 0.600. The van der Waals surface area contributed by atoms with Gasteiger partial charge >= 0.3 is 5.69 Å². The Morgan fingerprint density at radius 1 is 1.61 bits per heavy atom. The van der Waals surface area contributed by atoms with E-state index in [9.17, 15) is 14.9 Å². The summed E-state index contributed by atoms with van der Waals surface area (Å²) in [7, 11) is 5.38. The van der Waals surface area contributed by atoms with Crippen molar-refractivity contribution >= 4 is 11.6 Å². The van der Waals surface area contributed by atoms with E-state index in [4.69, 9.17) is 0 Å². The van der Waals surface area contributed by atoms with Gasteiger partial charge in [-0.2, -0.15) is 5.10 Å². The smallest absolute Gasteiger partial charge is 0.320 e. The molecule has 1 aromatic rings. The van der Waals surface area contributed by atoms with Crippen LogP contribution in [0.5, 0.6) is 0 Å². The molecule has 0 spiro atoms. The number of amides is 1. The van der Waals surface area contributed by atoms with Crippen LogP contribution in [-0.4, -0.2) is 52.7 Å². The minimum atomic E-state index is -0.609. The summed E-state index contributed by atoms with van der Waals surface area (Å²) in [4.78, 5) is 23.9. The molecule has 1 amide bonds. The highest BCUT2D eigenvalue weighted by atomic mass is 16.6. The normalized spacial score (nSPS) is 10.7. The first-order valence-electron chi connectivity index (χ1n) is 5.52. The third kappa shape index (κ3) is 3.52. The van der Waals surface area contributed by atoms with E-state index in [2.05, 4.69) is 10.4 Å². The number of nitro groups is 1. The number of nitrogens with one attached hydrogen (secondary N) is 1. The van der Waals surface area contributed by atoms with Crippen molar-refractivity contribution in [2.45, 2.75) is 6.42 Å². The van der Waals surface area contributed by atoms with Crippen LogP contribution in [0.15, 0.2) is 6.20 Å². The van der Waals surface area contributed by atoms with Crippen molar-refractivity contribution in [3.8, 4) is 0 Å². The molecule has 0 bridgehead atoms. The third-order valence-corrected chi connectivity index (χ3v) is 2.40. The zero-order valence-electron chi connectivity index (χ0n) is 10.7. The molecule has 1 aromatic heterocycles. The van der Waals surface area contributed by atoms with Gasteiger partial charge in [0, 0.05) is 13.6 Å². The van der Waals surface area contributed by atoms with Crippen LogP contribution in [0, 0.1) is 10.1 Å². The Bertz CT molecular complexity index is 441. The van der Waals surface area contributed by atoms with Gasteiger partial charge in [-0.3, -0.25) is 19.6 Å². The lowest BCUT2D eigenvalue weighted by Crippen LogP contribution is -2.29. The van der Waals surface area contributed by atoms with E-state index in [0.717, 1.165) is 19.2 Å². The Morgan fingerprint density at radius 3 is 2.83 bits per heavy atom. The largest absolute Gasteiger partial charge is 0.350 e. The molecule has 0 saturated carbocycles. The molecule has 0 atom stereocenters. The zero-order valence-corrected chi connectivity index (χ0v) is 10.7. The lowest BCUT2D eigenvalue weighted by Gasteiger charge is -2.09. The van der Waals surface area contributed by atoms with Gasteiger partial charge in [0.1, 0.15) is 6.20 Å². The quantitative estimate of drug-likeness (QED) is 0.439. The van der Waals surface area contributed by atoms with Crippen LogP contribution in [0.4, 0.5) is 5.69 Å². The van der Waals surface area contributed by atoms with E-state index in [1.165, 1.54) is 11.7 Å². The minimum absolute atomic E-state index is 0.0233. The maximum Gasteiger partial charge on any atom is 0.320 e. The lowest BCUT2D eigenvalue weighted by molar-refractivity contribution is -0.385. The van der Waals surface area contributed by atoms with Crippen molar-refractivity contribution in [3.63, 3.8) is 0 Å². The number of carbonyl (C=O) groups excluding carboxylic acids is 1. The van der Waals surface area contributed by atoms with Gasteiger partial charge < -0.3 is 10.2 Å². The monoisotopic (exact) mass is 255 g/mol. The molecular formula is C10H17N5O3. The number of carbonyl (C=O) groups is 1. The van der Waals surface area contributed by atoms with E-state index in [1.807, 2.05) is 19.0 Å². The average Bonchev–Trinajstić information content (AvgIpc) is 2.66. The molecule has 0 aliphatic heterocycles. The number of nitrogens with zero attached hydrogens (tertiary/aromatic N) is 4. The molecule has 0 saturated heterocycles. The van der Waals surface area contributed by atoms with Gasteiger partial charge in [0.05, 0.1) is 4.92 Å². The summed E-state index contributed by atoms with van der Waals surface area (Å²) in [6.07, 6.45) is 1.86. The fourth-order valence-electron chi connectivity index (χ4n) is 1.50. The second-order valence-corrected chi connectivity index (χ2v) is 4.17. The molecule has 0 fully saturated rings. The maximum atomic E-state index is 11.8. The first-order chi connectivity index (χ1) is 8.43. The van der Waals surface area contributed by atoms with Gasteiger partial charge in [-0.05, 0) is 27.1 Å². The van der Waals surface area contributed by atoms with Crippen LogP contribution in [-0.2, 0) is 7.05 Å². The van der Waals surface area contributed by atoms with Gasteiger partial charge in [-0.25, -0.2) is 0 Å². The molecule has 100 valence electrons. The van der Waals surface area contributed by atoms with Crippen LogP contribution in [0.25, 0.3) is 0 Å². The number of hydrogen-bond donors (Lipinski definition) is 1. The van der Waals surface area contributed by atoms with Crippen molar-refractivity contribution in [2.24, 2.45) is 7.05 Å². The molecule has 8 nitrogen and oxygen atoms in total. The minimum Gasteiger partial charge on any atom is -0.350 e. The van der Waals surface area contributed by atoms with E-state index in [1.54, 1.807) is 0 Å². The van der Waals surface area contributed by atoms with Crippen LogP contribution in [0.2, 0.25) is 0 Å². The zero-order chi connectivity index (χ0) is 13.7. The number of rotatable bonds is 6. The van der Waals surface area contributed by atoms with Crippen molar-refractivity contribution in [2.75, 3.05) is 27.2 Å². The Labute approximate surface area is 105 Å². The summed E-state index contributed by atoms with van der Waals surface area (Å²) in [5, 5.41) is 17.1. The van der Waals surface area contributed by atoms with Crippen LogP contribution in [0.3, 0.4) is 0 Å². The molecule has 8 heteroatoms. The van der Waals surface area contributed by atoms with E-state index in [-0.39, 0.29) is 11.4 Å². The topological polar surface area (TPSA) is 93.3 Å². The Morgan fingerprint density at radius 2 is 2.28 bits per heavy atom. The summed E-state index contributed by atoms with van der Waals surface area (Å²) >= 11 is 0. The SMILES string of the molecule is CN(C)CCCNC(=O)c1c([N+](=O)[O-])cnn1C. The van der Waals surface area contributed by atoms with Gasteiger partial charge in [-0.15, -0.1) is 0 Å². The Hall–Kier alpha value is -1.96. The third-order valence-electron chi connectivity index (χ3n) is 2.40. The standard InChI is InChI=1S/C10H17N5O3/c1-13(2)6-4-5-11-10(16)9-8(15(17)18)7-12-14(9)3/h7H,4-6H2,1-3H3,(H,11,16). The van der Waals surface area contributed by atoms with Gasteiger partial charge in [0.15, 0.2) is 0 Å². The molecule has 1 rings (SSSR count). The van der Waals surface area contributed by atoms with Crippen molar-refractivity contribution in [1.82, 2.24) is 20.0 Å². The van der Waals surface area contributed by atoms with E-state index >= 15 is 0 Å². The molecule has 18 heavy (non-hydrogen) atoms. The van der Waals surface area contributed by atoms with Crippen LogP contribution in [0.1, 0.15) is 16.9 Å². The van der Waals surface area contributed by atoms with Crippen LogP contribution >= 0.6 is 0 Å². The molecule has 0 aromatic carbocycles. The van der Waals surface area contributed by atoms with E-state index < -0.39 is 10.8 Å². The van der Waals surface area contributed by atoms with Crippen LogP contribution < -0.4 is 5.32 Å². The van der Waals surface area contributed by atoms with Crippen molar-refractivity contribution in [3.05, 3.63) is 22.0 Å². The van der Waals surface area contributed by atoms with Gasteiger partial charge in [-0.1, -0.05) is 0 Å². The molecular weight excluding hydrogens is 238 g/mol. The highest BCUT2D eigenvalue weighted by molar-refractivity contribution is 5.96. The number of aromatic nitrogens is 2. The number of hydrogen-bond acceptors (Lipinski definition) is 5. The Balaban J connectivity index is 2.61. The molecule has 0 radical (unpaired) electrons. The second-order valence-electron chi connectivity index (χ2n) is 4.17. The summed E-state index contributed by atoms with van der Waals surface area (Å²) in [5.41, 5.74) is -0.299. The van der Waals surface area contributed by atoms with Gasteiger partial charge in [0.25, 0.3) is 5.91 Å². The molecule has 0 unspecified atom stereocenters. The predicted octanol–water partition coefficient (Wildman–Crippen LogP) is 0.00980. The summed E-state index contributed by atoms with van der Waals surface area (Å²) < 4.78 is 1.21. The highest BCUT2D eigenvalue weighted by Crippen LogP contribution is 2.16. The molecule has 1 heterocycles. The summed E-state index contributed by atoms with van der Waals surface area (Å²) in [6, 6.07) is 0. The first kappa shape index (κ1) is 14.1. The van der Waals surface area contributed by atoms with Crippen molar-refractivity contribution < 1.29 is 9.72 Å². The fourth-order valence-corrected chi connectivity index (χ4v) is 1.50. The molecule has 0 aliphatic carbocycles. The highest BCUT2D eigenvalue weighted by Gasteiger charge is 2.24. The second kappa shape index (κ2) is 6.10. The maximum absolute atomic E-state index is 11.8. The lowest BCUT2D eigenvalue weighted by atomic mass is 10.3. The van der Waals surface area contributed by atoms with Crippen molar-refractivity contribution in [1.29, 1.82) is 0 Å². The Kier molecular flexibility index (Phi) is 4.78. The van der Waals surface area contributed by atoms with E-state index in [0.29, 0.717) is 6.54 Å². The predicted molar refractivity (Wildman–Crippen MR) is 65.4 cm³/mol. The molecule has 1 N–H and O–H groups in total. The average molecular weight is 255 g/mol. The summed E-state index contributed by atoms with van der Waals surface area (Å²) in [5.74, 6) is -0.472. The first-order valence-corrected chi connectivity index (χ1v) is 5.52. The van der Waals surface area contributed by atoms with Gasteiger partial charge in [0.2, 0.25) is 5.69 Å². The molecule has 0 aliphatic rings. The number of aryl methyl sites for hydroxylation is 1.